The molecule has 1 fully saturated rings. The van der Waals surface area contributed by atoms with Gasteiger partial charge in [0.1, 0.15) is 5.82 Å². The highest BCUT2D eigenvalue weighted by Gasteiger charge is 2.19. The molecule has 1 aliphatic rings. The average molecular weight is 225 g/mol. The maximum absolute atomic E-state index is 13.6. The third-order valence-electron chi connectivity index (χ3n) is 2.80. The molecule has 1 heterocycles. The van der Waals surface area contributed by atoms with E-state index in [2.05, 4.69) is 4.90 Å². The van der Waals surface area contributed by atoms with Crippen molar-refractivity contribution in [2.24, 2.45) is 0 Å². The molecule has 4 heteroatoms. The third-order valence-corrected chi connectivity index (χ3v) is 2.80. The monoisotopic (exact) mass is 225 g/mol. The van der Waals surface area contributed by atoms with Gasteiger partial charge < -0.3 is 14.7 Å². The van der Waals surface area contributed by atoms with E-state index in [1.165, 1.54) is 6.07 Å². The standard InChI is InChI=1S/C12H16FNO2/c1-9(15)12-10(13)3-2-4-11(12)14-5-7-16-8-6-14/h2-4,9,15H,5-8H2,1H3/t9-/m1/s1. The zero-order valence-corrected chi connectivity index (χ0v) is 9.32. The number of nitrogens with zero attached hydrogens (tertiary/aromatic N) is 1. The molecule has 2 rings (SSSR count). The van der Waals surface area contributed by atoms with Gasteiger partial charge in [-0.3, -0.25) is 0 Å². The highest BCUT2D eigenvalue weighted by molar-refractivity contribution is 5.55. The first kappa shape index (κ1) is 11.4. The van der Waals surface area contributed by atoms with E-state index in [-0.39, 0.29) is 5.82 Å². The molecule has 0 spiro atoms. The van der Waals surface area contributed by atoms with Gasteiger partial charge in [-0.1, -0.05) is 6.07 Å². The summed E-state index contributed by atoms with van der Waals surface area (Å²) in [7, 11) is 0. The highest BCUT2D eigenvalue weighted by atomic mass is 19.1. The molecular formula is C12H16FNO2. The zero-order chi connectivity index (χ0) is 11.5. The number of hydrogen-bond donors (Lipinski definition) is 1. The van der Waals surface area contributed by atoms with E-state index >= 15 is 0 Å². The Morgan fingerprint density at radius 1 is 1.38 bits per heavy atom. The van der Waals surface area contributed by atoms with Crippen molar-refractivity contribution in [3.8, 4) is 0 Å². The minimum Gasteiger partial charge on any atom is -0.389 e. The molecule has 0 aliphatic carbocycles. The van der Waals surface area contributed by atoms with Crippen molar-refractivity contribution in [2.75, 3.05) is 31.2 Å². The molecule has 0 aromatic heterocycles. The van der Waals surface area contributed by atoms with Crippen LogP contribution >= 0.6 is 0 Å². The second-order valence-corrected chi connectivity index (χ2v) is 3.95. The van der Waals surface area contributed by atoms with Crippen molar-refractivity contribution in [1.82, 2.24) is 0 Å². The fourth-order valence-corrected chi connectivity index (χ4v) is 2.02. The van der Waals surface area contributed by atoms with E-state index < -0.39 is 6.10 Å². The predicted octanol–water partition coefficient (Wildman–Crippen LogP) is 1.72. The van der Waals surface area contributed by atoms with Crippen molar-refractivity contribution < 1.29 is 14.2 Å². The Kier molecular flexibility index (Phi) is 3.41. The molecular weight excluding hydrogens is 209 g/mol. The maximum atomic E-state index is 13.6. The number of aliphatic hydroxyl groups is 1. The number of aliphatic hydroxyl groups excluding tert-OH is 1. The first-order valence-electron chi connectivity index (χ1n) is 5.49. The van der Waals surface area contributed by atoms with Gasteiger partial charge in [-0.25, -0.2) is 4.39 Å². The van der Waals surface area contributed by atoms with E-state index in [0.29, 0.717) is 18.8 Å². The summed E-state index contributed by atoms with van der Waals surface area (Å²) in [5, 5.41) is 9.62. The largest absolute Gasteiger partial charge is 0.389 e. The zero-order valence-electron chi connectivity index (χ0n) is 9.32. The van der Waals surface area contributed by atoms with Crippen LogP contribution in [0, 0.1) is 5.82 Å². The third kappa shape index (κ3) is 2.18. The minimum atomic E-state index is -0.793. The number of anilines is 1. The molecule has 16 heavy (non-hydrogen) atoms. The van der Waals surface area contributed by atoms with Crippen molar-refractivity contribution in [3.63, 3.8) is 0 Å². The molecule has 0 amide bonds. The van der Waals surface area contributed by atoms with Crippen LogP contribution in [0.4, 0.5) is 10.1 Å². The molecule has 1 aromatic carbocycles. The van der Waals surface area contributed by atoms with Crippen LogP contribution in [0.5, 0.6) is 0 Å². The quantitative estimate of drug-likeness (QED) is 0.831. The lowest BCUT2D eigenvalue weighted by Gasteiger charge is -2.31. The highest BCUT2D eigenvalue weighted by Crippen LogP contribution is 2.29. The van der Waals surface area contributed by atoms with Crippen LogP contribution < -0.4 is 4.90 Å². The second-order valence-electron chi connectivity index (χ2n) is 3.95. The fraction of sp³-hybridized carbons (Fsp3) is 0.500. The van der Waals surface area contributed by atoms with Crippen LogP contribution in [-0.2, 0) is 4.74 Å². The van der Waals surface area contributed by atoms with Crippen LogP contribution in [0.3, 0.4) is 0 Å². The summed E-state index contributed by atoms with van der Waals surface area (Å²) in [5.74, 6) is -0.348. The van der Waals surface area contributed by atoms with Gasteiger partial charge in [0.25, 0.3) is 0 Å². The lowest BCUT2D eigenvalue weighted by Crippen LogP contribution is -2.37. The number of benzene rings is 1. The number of halogens is 1. The normalized spacial score (nSPS) is 18.6. The number of morpholine rings is 1. The summed E-state index contributed by atoms with van der Waals surface area (Å²) in [6, 6.07) is 4.90. The average Bonchev–Trinajstić information content (AvgIpc) is 2.29. The van der Waals surface area contributed by atoms with Gasteiger partial charge in [0.05, 0.1) is 19.3 Å². The van der Waals surface area contributed by atoms with Gasteiger partial charge >= 0.3 is 0 Å². The van der Waals surface area contributed by atoms with Gasteiger partial charge in [0.15, 0.2) is 0 Å². The van der Waals surface area contributed by atoms with E-state index in [1.54, 1.807) is 13.0 Å². The van der Waals surface area contributed by atoms with E-state index in [1.807, 2.05) is 6.07 Å². The molecule has 3 nitrogen and oxygen atoms in total. The number of ether oxygens (including phenoxy) is 1. The Hall–Kier alpha value is -1.13. The molecule has 1 aliphatic heterocycles. The molecule has 1 aromatic rings. The lowest BCUT2D eigenvalue weighted by atomic mass is 10.1. The molecule has 1 saturated heterocycles. The molecule has 0 bridgehead atoms. The van der Waals surface area contributed by atoms with Gasteiger partial charge in [0, 0.05) is 24.3 Å². The van der Waals surface area contributed by atoms with Gasteiger partial charge in [-0.05, 0) is 19.1 Å². The summed E-state index contributed by atoms with van der Waals surface area (Å²) in [5.41, 5.74) is 1.16. The van der Waals surface area contributed by atoms with Gasteiger partial charge in [0.2, 0.25) is 0 Å². The van der Waals surface area contributed by atoms with Crippen LogP contribution in [-0.4, -0.2) is 31.4 Å². The molecule has 0 radical (unpaired) electrons. The Morgan fingerprint density at radius 2 is 2.06 bits per heavy atom. The van der Waals surface area contributed by atoms with Crippen molar-refractivity contribution in [2.45, 2.75) is 13.0 Å². The summed E-state index contributed by atoms with van der Waals surface area (Å²) in [6.07, 6.45) is -0.793. The number of rotatable bonds is 2. The van der Waals surface area contributed by atoms with E-state index in [9.17, 15) is 9.50 Å². The Bertz CT molecular complexity index is 362. The van der Waals surface area contributed by atoms with Gasteiger partial charge in [-0.2, -0.15) is 0 Å². The molecule has 0 unspecified atom stereocenters. The summed E-state index contributed by atoms with van der Waals surface area (Å²) >= 11 is 0. The Labute approximate surface area is 94.4 Å². The van der Waals surface area contributed by atoms with Crippen molar-refractivity contribution in [1.29, 1.82) is 0 Å². The van der Waals surface area contributed by atoms with E-state index in [0.717, 1.165) is 18.8 Å². The summed E-state index contributed by atoms with van der Waals surface area (Å²) in [6.45, 7) is 4.36. The fourth-order valence-electron chi connectivity index (χ4n) is 2.02. The first-order chi connectivity index (χ1) is 7.70. The summed E-state index contributed by atoms with van der Waals surface area (Å²) in [4.78, 5) is 2.05. The number of hydrogen-bond acceptors (Lipinski definition) is 3. The molecule has 1 atom stereocenters. The maximum Gasteiger partial charge on any atom is 0.131 e. The first-order valence-corrected chi connectivity index (χ1v) is 5.49. The lowest BCUT2D eigenvalue weighted by molar-refractivity contribution is 0.122. The van der Waals surface area contributed by atoms with Crippen LogP contribution in [0.2, 0.25) is 0 Å². The molecule has 0 saturated carbocycles. The molecule has 1 N–H and O–H groups in total. The second kappa shape index (κ2) is 4.80. The van der Waals surface area contributed by atoms with E-state index in [4.69, 9.17) is 4.74 Å². The van der Waals surface area contributed by atoms with Crippen LogP contribution in [0.25, 0.3) is 0 Å². The minimum absolute atomic E-state index is 0.348. The predicted molar refractivity (Wildman–Crippen MR) is 60.1 cm³/mol. The summed E-state index contributed by atoms with van der Waals surface area (Å²) < 4.78 is 18.9. The SMILES string of the molecule is C[C@@H](O)c1c(F)cccc1N1CCOCC1. The Morgan fingerprint density at radius 3 is 2.69 bits per heavy atom. The topological polar surface area (TPSA) is 32.7 Å². The van der Waals surface area contributed by atoms with Crippen LogP contribution in [0.1, 0.15) is 18.6 Å². The van der Waals surface area contributed by atoms with Crippen molar-refractivity contribution >= 4 is 5.69 Å². The smallest absolute Gasteiger partial charge is 0.131 e. The Balaban J connectivity index is 2.34. The van der Waals surface area contributed by atoms with Crippen LogP contribution in [0.15, 0.2) is 18.2 Å². The van der Waals surface area contributed by atoms with Crippen molar-refractivity contribution in [3.05, 3.63) is 29.6 Å². The van der Waals surface area contributed by atoms with Gasteiger partial charge in [-0.15, -0.1) is 0 Å². The molecule has 88 valence electrons.